The number of rotatable bonds is 7. The molecule has 1 aliphatic carbocycles. The molecule has 2 aromatic rings. The highest BCUT2D eigenvalue weighted by atomic mass is 79.9. The van der Waals surface area contributed by atoms with Gasteiger partial charge in [0.1, 0.15) is 12.4 Å². The van der Waals surface area contributed by atoms with E-state index < -0.39 is 0 Å². The van der Waals surface area contributed by atoms with E-state index >= 15 is 0 Å². The molecule has 0 spiro atoms. The number of halogens is 1. The standard InChI is InChI=1S/C20H21BrN2O3/c1-23(12-13-26-18-10-6-16(21)7-11-18)20(25)15-4-8-17(9-5-15)22-19(24)14-2-3-14/h4-11,14H,2-3,12-13H2,1H3,(H,22,24). The van der Waals surface area contributed by atoms with Gasteiger partial charge in [-0.1, -0.05) is 15.9 Å². The van der Waals surface area contributed by atoms with Crippen LogP contribution in [0.15, 0.2) is 53.0 Å². The van der Waals surface area contributed by atoms with Gasteiger partial charge in [-0.15, -0.1) is 0 Å². The first-order chi connectivity index (χ1) is 12.5. The van der Waals surface area contributed by atoms with Crippen molar-refractivity contribution in [2.24, 2.45) is 5.92 Å². The molecule has 6 heteroatoms. The van der Waals surface area contributed by atoms with Crippen molar-refractivity contribution in [3.05, 3.63) is 58.6 Å². The van der Waals surface area contributed by atoms with Crippen LogP contribution in [0, 0.1) is 5.92 Å². The van der Waals surface area contributed by atoms with Gasteiger partial charge in [0.15, 0.2) is 0 Å². The van der Waals surface area contributed by atoms with E-state index in [2.05, 4.69) is 21.2 Å². The first-order valence-corrected chi connectivity index (χ1v) is 9.37. The molecule has 0 saturated heterocycles. The van der Waals surface area contributed by atoms with Gasteiger partial charge in [0.2, 0.25) is 5.91 Å². The second-order valence-electron chi connectivity index (χ2n) is 6.37. The molecule has 0 atom stereocenters. The summed E-state index contributed by atoms with van der Waals surface area (Å²) in [5.74, 6) is 0.911. The Morgan fingerprint density at radius 1 is 1.12 bits per heavy atom. The molecule has 136 valence electrons. The highest BCUT2D eigenvalue weighted by molar-refractivity contribution is 9.10. The van der Waals surface area contributed by atoms with Crippen molar-refractivity contribution in [3.8, 4) is 5.75 Å². The van der Waals surface area contributed by atoms with Crippen molar-refractivity contribution >= 4 is 33.4 Å². The molecular weight excluding hydrogens is 396 g/mol. The summed E-state index contributed by atoms with van der Waals surface area (Å²) in [6.45, 7) is 0.897. The summed E-state index contributed by atoms with van der Waals surface area (Å²) in [6, 6.07) is 14.6. The predicted molar refractivity (Wildman–Crippen MR) is 104 cm³/mol. The second kappa shape index (κ2) is 8.36. The fourth-order valence-electron chi connectivity index (χ4n) is 2.44. The summed E-state index contributed by atoms with van der Waals surface area (Å²) < 4.78 is 6.64. The molecule has 0 unspecified atom stereocenters. The number of hydrogen-bond acceptors (Lipinski definition) is 3. The van der Waals surface area contributed by atoms with Crippen LogP contribution in [0.1, 0.15) is 23.2 Å². The lowest BCUT2D eigenvalue weighted by molar-refractivity contribution is -0.117. The number of hydrogen-bond donors (Lipinski definition) is 1. The molecule has 1 aliphatic rings. The molecule has 0 aliphatic heterocycles. The number of nitrogens with one attached hydrogen (secondary N) is 1. The number of anilines is 1. The van der Waals surface area contributed by atoms with Crippen molar-refractivity contribution in [2.75, 3.05) is 25.5 Å². The molecule has 1 saturated carbocycles. The third kappa shape index (κ3) is 5.08. The zero-order chi connectivity index (χ0) is 18.5. The Morgan fingerprint density at radius 2 is 1.77 bits per heavy atom. The van der Waals surface area contributed by atoms with E-state index in [0.717, 1.165) is 28.8 Å². The van der Waals surface area contributed by atoms with Crippen LogP contribution in [0.2, 0.25) is 0 Å². The Labute approximate surface area is 161 Å². The number of nitrogens with zero attached hydrogens (tertiary/aromatic N) is 1. The van der Waals surface area contributed by atoms with E-state index in [1.54, 1.807) is 36.2 Å². The van der Waals surface area contributed by atoms with Crippen molar-refractivity contribution < 1.29 is 14.3 Å². The summed E-state index contributed by atoms with van der Waals surface area (Å²) in [6.07, 6.45) is 1.94. The van der Waals surface area contributed by atoms with Crippen LogP contribution in [0.5, 0.6) is 5.75 Å². The molecule has 0 heterocycles. The quantitative estimate of drug-likeness (QED) is 0.743. The third-order valence-corrected chi connectivity index (χ3v) is 4.73. The van der Waals surface area contributed by atoms with Gasteiger partial charge in [0.05, 0.1) is 6.54 Å². The number of carbonyl (C=O) groups excluding carboxylic acids is 2. The molecule has 5 nitrogen and oxygen atoms in total. The maximum atomic E-state index is 12.5. The Hall–Kier alpha value is -2.34. The molecule has 1 N–H and O–H groups in total. The van der Waals surface area contributed by atoms with Gasteiger partial charge in [-0.25, -0.2) is 0 Å². The predicted octanol–water partition coefficient (Wildman–Crippen LogP) is 3.95. The van der Waals surface area contributed by atoms with E-state index in [4.69, 9.17) is 4.74 Å². The molecule has 2 amide bonds. The SMILES string of the molecule is CN(CCOc1ccc(Br)cc1)C(=O)c1ccc(NC(=O)C2CC2)cc1. The highest BCUT2D eigenvalue weighted by Gasteiger charge is 2.29. The van der Waals surface area contributed by atoms with Gasteiger partial charge in [-0.3, -0.25) is 9.59 Å². The molecule has 0 radical (unpaired) electrons. The van der Waals surface area contributed by atoms with Gasteiger partial charge in [0, 0.05) is 28.7 Å². The summed E-state index contributed by atoms with van der Waals surface area (Å²) in [7, 11) is 1.75. The fraction of sp³-hybridized carbons (Fsp3) is 0.300. The van der Waals surface area contributed by atoms with Crippen molar-refractivity contribution in [1.29, 1.82) is 0 Å². The molecule has 0 bridgehead atoms. The fourth-order valence-corrected chi connectivity index (χ4v) is 2.70. The summed E-state index contributed by atoms with van der Waals surface area (Å²) >= 11 is 3.38. The van der Waals surface area contributed by atoms with Crippen molar-refractivity contribution in [1.82, 2.24) is 4.90 Å². The lowest BCUT2D eigenvalue weighted by Gasteiger charge is -2.18. The Bertz CT molecular complexity index is 771. The normalized spacial score (nSPS) is 13.2. The van der Waals surface area contributed by atoms with Gasteiger partial charge < -0.3 is 15.0 Å². The Balaban J connectivity index is 1.47. The monoisotopic (exact) mass is 416 g/mol. The Kier molecular flexibility index (Phi) is 5.93. The maximum Gasteiger partial charge on any atom is 0.253 e. The zero-order valence-electron chi connectivity index (χ0n) is 14.6. The summed E-state index contributed by atoms with van der Waals surface area (Å²) in [4.78, 5) is 25.8. The number of amides is 2. The van der Waals surface area contributed by atoms with Crippen molar-refractivity contribution in [3.63, 3.8) is 0 Å². The molecule has 26 heavy (non-hydrogen) atoms. The van der Waals surface area contributed by atoms with Gasteiger partial charge >= 0.3 is 0 Å². The average molecular weight is 417 g/mol. The maximum absolute atomic E-state index is 12.5. The highest BCUT2D eigenvalue weighted by Crippen LogP contribution is 2.30. The van der Waals surface area contributed by atoms with Gasteiger partial charge in [-0.2, -0.15) is 0 Å². The molecular formula is C20H21BrN2O3. The van der Waals surface area contributed by atoms with E-state index in [9.17, 15) is 9.59 Å². The van der Waals surface area contributed by atoms with Crippen LogP contribution >= 0.6 is 15.9 Å². The lowest BCUT2D eigenvalue weighted by atomic mass is 10.2. The lowest BCUT2D eigenvalue weighted by Crippen LogP contribution is -2.30. The second-order valence-corrected chi connectivity index (χ2v) is 7.29. The van der Waals surface area contributed by atoms with Crippen LogP contribution in [-0.4, -0.2) is 36.9 Å². The molecule has 2 aromatic carbocycles. The van der Waals surface area contributed by atoms with E-state index in [1.165, 1.54) is 0 Å². The molecule has 0 aromatic heterocycles. The largest absolute Gasteiger partial charge is 0.492 e. The molecule has 1 fully saturated rings. The molecule has 3 rings (SSSR count). The van der Waals surface area contributed by atoms with E-state index in [1.807, 2.05) is 24.3 Å². The van der Waals surface area contributed by atoms with E-state index in [0.29, 0.717) is 18.7 Å². The van der Waals surface area contributed by atoms with Crippen LogP contribution < -0.4 is 10.1 Å². The Morgan fingerprint density at radius 3 is 2.38 bits per heavy atom. The zero-order valence-corrected chi connectivity index (χ0v) is 16.2. The number of likely N-dealkylation sites (N-methyl/N-ethyl adjacent to an activating group) is 1. The minimum atomic E-state index is -0.0792. The summed E-state index contributed by atoms with van der Waals surface area (Å²) in [5, 5.41) is 2.87. The topological polar surface area (TPSA) is 58.6 Å². The van der Waals surface area contributed by atoms with Crippen LogP contribution in [-0.2, 0) is 4.79 Å². The first kappa shape index (κ1) is 18.5. The number of ether oxygens (including phenoxy) is 1. The van der Waals surface area contributed by atoms with Crippen LogP contribution in [0.3, 0.4) is 0 Å². The van der Waals surface area contributed by atoms with Gasteiger partial charge in [0.25, 0.3) is 5.91 Å². The number of carbonyl (C=O) groups is 2. The van der Waals surface area contributed by atoms with Crippen molar-refractivity contribution in [2.45, 2.75) is 12.8 Å². The van der Waals surface area contributed by atoms with Gasteiger partial charge in [-0.05, 0) is 61.4 Å². The number of benzene rings is 2. The van der Waals surface area contributed by atoms with E-state index in [-0.39, 0.29) is 17.7 Å². The average Bonchev–Trinajstić information content (AvgIpc) is 3.48. The first-order valence-electron chi connectivity index (χ1n) is 8.57. The summed E-state index contributed by atoms with van der Waals surface area (Å²) in [5.41, 5.74) is 1.31. The minimum Gasteiger partial charge on any atom is -0.492 e. The third-order valence-electron chi connectivity index (χ3n) is 4.20. The minimum absolute atomic E-state index is 0.0614. The van der Waals surface area contributed by atoms with Crippen LogP contribution in [0.25, 0.3) is 0 Å². The smallest absolute Gasteiger partial charge is 0.253 e. The van der Waals surface area contributed by atoms with Crippen LogP contribution in [0.4, 0.5) is 5.69 Å².